The van der Waals surface area contributed by atoms with E-state index in [0.717, 1.165) is 16.8 Å². The predicted octanol–water partition coefficient (Wildman–Crippen LogP) is 5.00. The highest BCUT2D eigenvalue weighted by Crippen LogP contribution is 2.24. The van der Waals surface area contributed by atoms with Crippen molar-refractivity contribution in [1.82, 2.24) is 4.98 Å². The van der Waals surface area contributed by atoms with Gasteiger partial charge < -0.3 is 14.5 Å². The molecule has 0 spiro atoms. The highest BCUT2D eigenvalue weighted by atomic mass is 16.5. The van der Waals surface area contributed by atoms with Crippen LogP contribution in [0.2, 0.25) is 0 Å². The van der Waals surface area contributed by atoms with Gasteiger partial charge in [0.25, 0.3) is 0 Å². The van der Waals surface area contributed by atoms with E-state index in [1.54, 1.807) is 12.1 Å². The molecule has 0 fully saturated rings. The number of oxazole rings is 1. The van der Waals surface area contributed by atoms with Crippen LogP contribution in [0.3, 0.4) is 0 Å². The van der Waals surface area contributed by atoms with Gasteiger partial charge in [-0.3, -0.25) is 4.79 Å². The lowest BCUT2D eigenvalue weighted by Crippen LogP contribution is -2.07. The molecule has 5 heteroatoms. The van der Waals surface area contributed by atoms with Gasteiger partial charge in [0.15, 0.2) is 11.5 Å². The fraction of sp³-hybridized carbons (Fsp3) is 0.238. The maximum atomic E-state index is 12.1. The molecule has 0 aliphatic carbocycles. The molecule has 134 valence electrons. The fourth-order valence-electron chi connectivity index (χ4n) is 2.46. The van der Waals surface area contributed by atoms with Crippen LogP contribution in [0.15, 0.2) is 53.0 Å². The molecular formula is C21H22N2O3. The largest absolute Gasteiger partial charge is 0.494 e. The van der Waals surface area contributed by atoms with Crippen molar-refractivity contribution >= 4 is 28.8 Å². The molecule has 0 saturated carbocycles. The Bertz CT molecular complexity index is 924. The summed E-state index contributed by atoms with van der Waals surface area (Å²) >= 11 is 0. The summed E-state index contributed by atoms with van der Waals surface area (Å²) in [5.74, 6) is 1.52. The van der Waals surface area contributed by atoms with Crippen LogP contribution in [0.5, 0.6) is 5.75 Å². The Hall–Kier alpha value is -3.08. The number of hydrogen-bond donors (Lipinski definition) is 1. The lowest BCUT2D eigenvalue weighted by atomic mass is 10.2. The molecular weight excluding hydrogens is 328 g/mol. The second-order valence-electron chi connectivity index (χ2n) is 6.21. The summed E-state index contributed by atoms with van der Waals surface area (Å²) in [6.45, 7) is 6.63. The zero-order valence-corrected chi connectivity index (χ0v) is 15.2. The summed E-state index contributed by atoms with van der Waals surface area (Å²) in [6.07, 6.45) is 3.26. The average Bonchev–Trinajstić information content (AvgIpc) is 3.05. The van der Waals surface area contributed by atoms with E-state index in [-0.39, 0.29) is 11.8 Å². The molecule has 0 bridgehead atoms. The van der Waals surface area contributed by atoms with E-state index in [1.165, 1.54) is 6.08 Å². The van der Waals surface area contributed by atoms with Crippen LogP contribution in [0.1, 0.15) is 38.1 Å². The van der Waals surface area contributed by atoms with Gasteiger partial charge in [-0.05, 0) is 42.8 Å². The van der Waals surface area contributed by atoms with Crippen LogP contribution >= 0.6 is 0 Å². The van der Waals surface area contributed by atoms with Gasteiger partial charge >= 0.3 is 0 Å². The quantitative estimate of drug-likeness (QED) is 0.635. The van der Waals surface area contributed by atoms with Gasteiger partial charge in [-0.2, -0.15) is 0 Å². The second kappa shape index (κ2) is 7.87. The Balaban J connectivity index is 1.66. The molecule has 1 amide bonds. The molecule has 3 aromatic rings. The van der Waals surface area contributed by atoms with Crippen molar-refractivity contribution in [2.45, 2.75) is 26.7 Å². The molecule has 0 aliphatic heterocycles. The van der Waals surface area contributed by atoms with Crippen LogP contribution in [-0.2, 0) is 4.79 Å². The first-order valence-electron chi connectivity index (χ1n) is 8.67. The zero-order valence-electron chi connectivity index (χ0n) is 15.2. The third-order valence-corrected chi connectivity index (χ3v) is 3.78. The van der Waals surface area contributed by atoms with E-state index < -0.39 is 0 Å². The van der Waals surface area contributed by atoms with Crippen molar-refractivity contribution in [2.24, 2.45) is 0 Å². The third-order valence-electron chi connectivity index (χ3n) is 3.78. The standard InChI is InChI=1S/C21H22N2O3/c1-4-25-17-9-5-15(6-10-17)7-12-20(24)22-16-8-11-18-19(13-16)26-21(23-18)14(2)3/h5-14H,4H2,1-3H3,(H,22,24)/b12-7+. The van der Waals surface area contributed by atoms with Gasteiger partial charge in [-0.1, -0.05) is 26.0 Å². The summed E-state index contributed by atoms with van der Waals surface area (Å²) in [5, 5.41) is 2.84. The lowest BCUT2D eigenvalue weighted by molar-refractivity contribution is -0.111. The minimum absolute atomic E-state index is 0.207. The molecule has 3 rings (SSSR count). The van der Waals surface area contributed by atoms with E-state index in [1.807, 2.05) is 57.2 Å². The van der Waals surface area contributed by atoms with Crippen molar-refractivity contribution < 1.29 is 13.9 Å². The number of nitrogens with zero attached hydrogens (tertiary/aromatic N) is 1. The normalized spacial score (nSPS) is 11.4. The van der Waals surface area contributed by atoms with E-state index in [4.69, 9.17) is 9.15 Å². The van der Waals surface area contributed by atoms with Crippen molar-refractivity contribution in [1.29, 1.82) is 0 Å². The van der Waals surface area contributed by atoms with Crippen LogP contribution in [-0.4, -0.2) is 17.5 Å². The number of ether oxygens (including phenoxy) is 1. The van der Waals surface area contributed by atoms with Gasteiger partial charge in [0, 0.05) is 23.7 Å². The maximum Gasteiger partial charge on any atom is 0.248 e. The molecule has 5 nitrogen and oxygen atoms in total. The summed E-state index contributed by atoms with van der Waals surface area (Å²) in [4.78, 5) is 16.6. The van der Waals surface area contributed by atoms with Crippen molar-refractivity contribution in [3.8, 4) is 5.75 Å². The topological polar surface area (TPSA) is 64.4 Å². The zero-order chi connectivity index (χ0) is 18.5. The highest BCUT2D eigenvalue weighted by Gasteiger charge is 2.10. The molecule has 2 aromatic carbocycles. The Morgan fingerprint density at radius 3 is 2.69 bits per heavy atom. The molecule has 0 aliphatic rings. The molecule has 1 heterocycles. The van der Waals surface area contributed by atoms with Gasteiger partial charge in [0.2, 0.25) is 5.91 Å². The SMILES string of the molecule is CCOc1ccc(/C=C/C(=O)Nc2ccc3nc(C(C)C)oc3c2)cc1. The Morgan fingerprint density at radius 1 is 1.23 bits per heavy atom. The lowest BCUT2D eigenvalue weighted by Gasteiger charge is -2.03. The van der Waals surface area contributed by atoms with Gasteiger partial charge in [-0.25, -0.2) is 4.98 Å². The minimum atomic E-state index is -0.207. The third kappa shape index (κ3) is 4.30. The number of rotatable bonds is 6. The number of anilines is 1. The number of fused-ring (bicyclic) bond motifs is 1. The molecule has 0 atom stereocenters. The molecule has 0 unspecified atom stereocenters. The first-order chi connectivity index (χ1) is 12.5. The molecule has 26 heavy (non-hydrogen) atoms. The number of hydrogen-bond acceptors (Lipinski definition) is 4. The van der Waals surface area contributed by atoms with Crippen LogP contribution in [0, 0.1) is 0 Å². The smallest absolute Gasteiger partial charge is 0.248 e. The minimum Gasteiger partial charge on any atom is -0.494 e. The predicted molar refractivity (Wildman–Crippen MR) is 103 cm³/mol. The second-order valence-corrected chi connectivity index (χ2v) is 6.21. The summed E-state index contributed by atoms with van der Waals surface area (Å²) in [7, 11) is 0. The molecule has 1 aromatic heterocycles. The van der Waals surface area contributed by atoms with E-state index >= 15 is 0 Å². The first-order valence-corrected chi connectivity index (χ1v) is 8.67. The Morgan fingerprint density at radius 2 is 2.00 bits per heavy atom. The fourth-order valence-corrected chi connectivity index (χ4v) is 2.46. The van der Waals surface area contributed by atoms with Crippen molar-refractivity contribution in [3.05, 3.63) is 60.0 Å². The first kappa shape index (κ1) is 17.7. The summed E-state index contributed by atoms with van der Waals surface area (Å²) < 4.78 is 11.1. The number of carbonyl (C=O) groups excluding carboxylic acids is 1. The van der Waals surface area contributed by atoms with Crippen molar-refractivity contribution in [2.75, 3.05) is 11.9 Å². The van der Waals surface area contributed by atoms with Gasteiger partial charge in [0.1, 0.15) is 11.3 Å². The van der Waals surface area contributed by atoms with Crippen LogP contribution in [0.4, 0.5) is 5.69 Å². The Kier molecular flexibility index (Phi) is 5.37. The number of amides is 1. The highest BCUT2D eigenvalue weighted by molar-refractivity contribution is 6.02. The number of nitrogens with one attached hydrogen (secondary N) is 1. The molecule has 0 saturated heterocycles. The van der Waals surface area contributed by atoms with E-state index in [0.29, 0.717) is 23.8 Å². The number of aromatic nitrogens is 1. The van der Waals surface area contributed by atoms with E-state index in [9.17, 15) is 4.79 Å². The summed E-state index contributed by atoms with van der Waals surface area (Å²) in [5.41, 5.74) is 3.06. The summed E-state index contributed by atoms with van der Waals surface area (Å²) in [6, 6.07) is 13.0. The monoisotopic (exact) mass is 350 g/mol. The van der Waals surface area contributed by atoms with E-state index in [2.05, 4.69) is 10.3 Å². The number of carbonyl (C=O) groups is 1. The Labute approximate surface area is 152 Å². The van der Waals surface area contributed by atoms with Crippen molar-refractivity contribution in [3.63, 3.8) is 0 Å². The van der Waals surface area contributed by atoms with Gasteiger partial charge in [-0.15, -0.1) is 0 Å². The molecule has 0 radical (unpaired) electrons. The average molecular weight is 350 g/mol. The van der Waals surface area contributed by atoms with Crippen LogP contribution < -0.4 is 10.1 Å². The van der Waals surface area contributed by atoms with Gasteiger partial charge in [0.05, 0.1) is 6.61 Å². The van der Waals surface area contributed by atoms with Crippen LogP contribution in [0.25, 0.3) is 17.2 Å². The maximum absolute atomic E-state index is 12.1. The number of benzene rings is 2. The molecule has 1 N–H and O–H groups in total.